The molecule has 3 rings (SSSR count). The van der Waals surface area contributed by atoms with Crippen LogP contribution in [-0.2, 0) is 0 Å². The first kappa shape index (κ1) is 18.4. The molecule has 0 bridgehead atoms. The van der Waals surface area contributed by atoms with Gasteiger partial charge in [-0.25, -0.2) is 0 Å². The van der Waals surface area contributed by atoms with Gasteiger partial charge in [0.25, 0.3) is 11.8 Å². The van der Waals surface area contributed by atoms with Gasteiger partial charge in [0.15, 0.2) is 0 Å². The number of rotatable bonds is 4. The maximum atomic E-state index is 12.6. The molecular formula is C23H22N2O2. The minimum Gasteiger partial charge on any atom is -0.322 e. The monoisotopic (exact) mass is 358 g/mol. The molecule has 0 aliphatic heterocycles. The van der Waals surface area contributed by atoms with E-state index in [2.05, 4.69) is 10.6 Å². The van der Waals surface area contributed by atoms with Crippen LogP contribution in [0, 0.1) is 20.8 Å². The molecule has 0 saturated carbocycles. The predicted molar refractivity (Wildman–Crippen MR) is 109 cm³/mol. The SMILES string of the molecule is Cc1cc(C(=O)Nc2cccc(NC(=O)c3ccccc3)c2)cc(C)c1C. The van der Waals surface area contributed by atoms with Crippen molar-refractivity contribution in [2.24, 2.45) is 0 Å². The molecule has 0 unspecified atom stereocenters. The Balaban J connectivity index is 1.74. The highest BCUT2D eigenvalue weighted by molar-refractivity contribution is 6.06. The molecule has 0 radical (unpaired) electrons. The molecule has 136 valence electrons. The molecule has 2 amide bonds. The van der Waals surface area contributed by atoms with Crippen molar-refractivity contribution in [1.29, 1.82) is 0 Å². The summed E-state index contributed by atoms with van der Waals surface area (Å²) in [6, 6.07) is 19.9. The minimum absolute atomic E-state index is 0.173. The number of amides is 2. The van der Waals surface area contributed by atoms with Gasteiger partial charge in [-0.15, -0.1) is 0 Å². The van der Waals surface area contributed by atoms with Crippen LogP contribution in [0.15, 0.2) is 66.7 Å². The molecule has 4 heteroatoms. The van der Waals surface area contributed by atoms with Crippen LogP contribution in [0.1, 0.15) is 37.4 Å². The summed E-state index contributed by atoms with van der Waals surface area (Å²) in [6.07, 6.45) is 0. The minimum atomic E-state index is -0.191. The standard InChI is InChI=1S/C23H22N2O2/c1-15-12-19(13-16(2)17(15)3)23(27)25-21-11-7-10-20(14-21)24-22(26)18-8-5-4-6-9-18/h4-14H,1-3H3,(H,24,26)(H,25,27). The first-order valence-corrected chi connectivity index (χ1v) is 8.79. The summed E-state index contributed by atoms with van der Waals surface area (Å²) in [7, 11) is 0. The molecule has 4 nitrogen and oxygen atoms in total. The quantitative estimate of drug-likeness (QED) is 0.680. The van der Waals surface area contributed by atoms with Gasteiger partial charge < -0.3 is 10.6 Å². The lowest BCUT2D eigenvalue weighted by Crippen LogP contribution is -2.14. The Kier molecular flexibility index (Phi) is 5.36. The molecule has 2 N–H and O–H groups in total. The van der Waals surface area contributed by atoms with E-state index in [9.17, 15) is 9.59 Å². The molecule has 3 aromatic rings. The van der Waals surface area contributed by atoms with Crippen molar-refractivity contribution in [2.45, 2.75) is 20.8 Å². The fourth-order valence-corrected chi connectivity index (χ4v) is 2.84. The predicted octanol–water partition coefficient (Wildman–Crippen LogP) is 5.12. The second-order valence-electron chi connectivity index (χ2n) is 6.59. The third kappa shape index (κ3) is 4.42. The van der Waals surface area contributed by atoms with E-state index in [0.29, 0.717) is 22.5 Å². The average molecular weight is 358 g/mol. The van der Waals surface area contributed by atoms with Gasteiger partial charge in [-0.3, -0.25) is 9.59 Å². The van der Waals surface area contributed by atoms with Crippen LogP contribution in [0.5, 0.6) is 0 Å². The van der Waals surface area contributed by atoms with Gasteiger partial charge in [0.1, 0.15) is 0 Å². The Bertz CT molecular complexity index is 971. The van der Waals surface area contributed by atoms with E-state index in [1.807, 2.05) is 51.1 Å². The second-order valence-corrected chi connectivity index (χ2v) is 6.59. The molecule has 0 atom stereocenters. The van der Waals surface area contributed by atoms with E-state index in [1.165, 1.54) is 5.56 Å². The normalized spacial score (nSPS) is 10.3. The Morgan fingerprint density at radius 1 is 0.630 bits per heavy atom. The Morgan fingerprint density at radius 3 is 1.70 bits per heavy atom. The van der Waals surface area contributed by atoms with E-state index in [1.54, 1.807) is 36.4 Å². The van der Waals surface area contributed by atoms with Crippen molar-refractivity contribution < 1.29 is 9.59 Å². The lowest BCUT2D eigenvalue weighted by molar-refractivity contribution is 0.101. The van der Waals surface area contributed by atoms with Gasteiger partial charge in [0.05, 0.1) is 0 Å². The zero-order valence-corrected chi connectivity index (χ0v) is 15.7. The van der Waals surface area contributed by atoms with Crippen LogP contribution in [-0.4, -0.2) is 11.8 Å². The maximum absolute atomic E-state index is 12.6. The third-order valence-corrected chi connectivity index (χ3v) is 4.60. The van der Waals surface area contributed by atoms with Crippen molar-refractivity contribution in [3.63, 3.8) is 0 Å². The zero-order chi connectivity index (χ0) is 19.4. The molecular weight excluding hydrogens is 336 g/mol. The largest absolute Gasteiger partial charge is 0.322 e. The number of hydrogen-bond acceptors (Lipinski definition) is 2. The van der Waals surface area contributed by atoms with Crippen LogP contribution in [0.4, 0.5) is 11.4 Å². The molecule has 0 aliphatic carbocycles. The van der Waals surface area contributed by atoms with Gasteiger partial charge in [-0.1, -0.05) is 24.3 Å². The summed E-state index contributed by atoms with van der Waals surface area (Å²) >= 11 is 0. The van der Waals surface area contributed by atoms with Crippen molar-refractivity contribution in [3.8, 4) is 0 Å². The Labute approximate surface area is 159 Å². The topological polar surface area (TPSA) is 58.2 Å². The summed E-state index contributed by atoms with van der Waals surface area (Å²) in [5.74, 6) is -0.364. The summed E-state index contributed by atoms with van der Waals surface area (Å²) in [5, 5.41) is 5.74. The van der Waals surface area contributed by atoms with Gasteiger partial charge >= 0.3 is 0 Å². The number of benzene rings is 3. The van der Waals surface area contributed by atoms with E-state index >= 15 is 0 Å². The average Bonchev–Trinajstić information content (AvgIpc) is 2.66. The maximum Gasteiger partial charge on any atom is 0.255 e. The van der Waals surface area contributed by atoms with Crippen LogP contribution in [0.3, 0.4) is 0 Å². The lowest BCUT2D eigenvalue weighted by atomic mass is 10.0. The van der Waals surface area contributed by atoms with E-state index in [0.717, 1.165) is 11.1 Å². The fourth-order valence-electron chi connectivity index (χ4n) is 2.84. The molecule has 0 aliphatic rings. The smallest absolute Gasteiger partial charge is 0.255 e. The summed E-state index contributed by atoms with van der Waals surface area (Å²) in [6.45, 7) is 6.04. The van der Waals surface area contributed by atoms with Crippen molar-refractivity contribution in [1.82, 2.24) is 0 Å². The van der Waals surface area contributed by atoms with Gasteiger partial charge in [0.2, 0.25) is 0 Å². The second kappa shape index (κ2) is 7.87. The molecule has 27 heavy (non-hydrogen) atoms. The zero-order valence-electron chi connectivity index (χ0n) is 15.7. The van der Waals surface area contributed by atoms with Crippen LogP contribution in [0.25, 0.3) is 0 Å². The molecule has 0 aromatic heterocycles. The van der Waals surface area contributed by atoms with Crippen molar-refractivity contribution >= 4 is 23.2 Å². The van der Waals surface area contributed by atoms with Gasteiger partial charge in [0, 0.05) is 22.5 Å². The third-order valence-electron chi connectivity index (χ3n) is 4.60. The number of carbonyl (C=O) groups is 2. The van der Waals surface area contributed by atoms with E-state index in [-0.39, 0.29) is 11.8 Å². The fraction of sp³-hybridized carbons (Fsp3) is 0.130. The molecule has 0 fully saturated rings. The van der Waals surface area contributed by atoms with Gasteiger partial charge in [-0.2, -0.15) is 0 Å². The lowest BCUT2D eigenvalue weighted by Gasteiger charge is -2.11. The number of carbonyl (C=O) groups excluding carboxylic acids is 2. The summed E-state index contributed by atoms with van der Waals surface area (Å²) in [5.41, 5.74) is 5.82. The van der Waals surface area contributed by atoms with E-state index in [4.69, 9.17) is 0 Å². The first-order chi connectivity index (χ1) is 12.9. The summed E-state index contributed by atoms with van der Waals surface area (Å²) in [4.78, 5) is 24.9. The van der Waals surface area contributed by atoms with Crippen LogP contribution in [0.2, 0.25) is 0 Å². The number of hydrogen-bond donors (Lipinski definition) is 2. The van der Waals surface area contributed by atoms with Gasteiger partial charge in [-0.05, 0) is 79.9 Å². The number of anilines is 2. The summed E-state index contributed by atoms with van der Waals surface area (Å²) < 4.78 is 0. The van der Waals surface area contributed by atoms with Crippen molar-refractivity contribution in [2.75, 3.05) is 10.6 Å². The van der Waals surface area contributed by atoms with E-state index < -0.39 is 0 Å². The highest BCUT2D eigenvalue weighted by Crippen LogP contribution is 2.19. The molecule has 0 spiro atoms. The molecule has 0 saturated heterocycles. The first-order valence-electron chi connectivity index (χ1n) is 8.79. The number of aryl methyl sites for hydroxylation is 2. The molecule has 3 aromatic carbocycles. The van der Waals surface area contributed by atoms with Crippen LogP contribution >= 0.6 is 0 Å². The highest BCUT2D eigenvalue weighted by atomic mass is 16.2. The number of nitrogens with one attached hydrogen (secondary N) is 2. The van der Waals surface area contributed by atoms with Crippen LogP contribution < -0.4 is 10.6 Å². The molecule has 0 heterocycles. The Hall–Kier alpha value is -3.40. The highest BCUT2D eigenvalue weighted by Gasteiger charge is 2.10. The Morgan fingerprint density at radius 2 is 1.15 bits per heavy atom. The van der Waals surface area contributed by atoms with Crippen molar-refractivity contribution in [3.05, 3.63) is 94.5 Å².